The molecule has 0 saturated heterocycles. The highest BCUT2D eigenvalue weighted by Crippen LogP contribution is 2.30. The Morgan fingerprint density at radius 2 is 1.86 bits per heavy atom. The van der Waals surface area contributed by atoms with Crippen molar-refractivity contribution >= 4 is 0 Å². The minimum atomic E-state index is -1.10. The van der Waals surface area contributed by atoms with Gasteiger partial charge in [0.05, 0.1) is 0 Å². The maximum atomic E-state index is 10.1. The summed E-state index contributed by atoms with van der Waals surface area (Å²) in [5.41, 5.74) is -0.0129. The molecule has 0 aromatic carbocycles. The summed E-state index contributed by atoms with van der Waals surface area (Å²) in [5, 5.41) is 20.0. The summed E-state index contributed by atoms with van der Waals surface area (Å²) in [6, 6.07) is 0. The largest absolute Gasteiger partial charge is 0.386 e. The lowest BCUT2D eigenvalue weighted by molar-refractivity contribution is -0.0487. The van der Waals surface area contributed by atoms with Gasteiger partial charge in [-0.05, 0) is 29.6 Å². The number of aliphatic hydroxyl groups excluding tert-OH is 1. The summed E-state index contributed by atoms with van der Waals surface area (Å²) in [6.45, 7) is 7.95. The Kier molecular flexibility index (Phi) is 3.17. The summed E-state index contributed by atoms with van der Waals surface area (Å²) in [6.07, 6.45) is 4.60. The summed E-state index contributed by atoms with van der Waals surface area (Å²) < 4.78 is 0. The van der Waals surface area contributed by atoms with Crippen LogP contribution in [0.15, 0.2) is 23.8 Å². The Labute approximate surface area is 86.0 Å². The number of hydrogen-bond acceptors (Lipinski definition) is 2. The molecule has 0 aromatic rings. The van der Waals surface area contributed by atoms with Gasteiger partial charge in [0.1, 0.15) is 11.7 Å². The van der Waals surface area contributed by atoms with Crippen LogP contribution in [0.4, 0.5) is 0 Å². The molecule has 0 spiro atoms. The quantitative estimate of drug-likeness (QED) is 0.708. The van der Waals surface area contributed by atoms with E-state index in [0.717, 1.165) is 5.57 Å². The highest BCUT2D eigenvalue weighted by Gasteiger charge is 2.37. The van der Waals surface area contributed by atoms with Crippen LogP contribution in [-0.2, 0) is 0 Å². The summed E-state index contributed by atoms with van der Waals surface area (Å²) >= 11 is 0. The highest BCUT2D eigenvalue weighted by atomic mass is 16.3. The molecular weight excluding hydrogens is 176 g/mol. The molecule has 0 saturated carbocycles. The van der Waals surface area contributed by atoms with Crippen LogP contribution in [0, 0.1) is 11.8 Å². The standard InChI is InChI=1S/C12H20O2/c1-8(2)10-5-6-12(14,9(3)4)11(13)7-10/h5-9,11,13-14H,1-4H3. The van der Waals surface area contributed by atoms with Crippen LogP contribution in [0.2, 0.25) is 0 Å². The molecule has 2 N–H and O–H groups in total. The third kappa shape index (κ3) is 1.91. The van der Waals surface area contributed by atoms with Gasteiger partial charge in [0.2, 0.25) is 0 Å². The van der Waals surface area contributed by atoms with E-state index in [2.05, 4.69) is 13.8 Å². The molecular formula is C12H20O2. The van der Waals surface area contributed by atoms with Crippen LogP contribution in [0.1, 0.15) is 27.7 Å². The van der Waals surface area contributed by atoms with E-state index in [9.17, 15) is 10.2 Å². The summed E-state index contributed by atoms with van der Waals surface area (Å²) in [7, 11) is 0. The van der Waals surface area contributed by atoms with Crippen molar-refractivity contribution in [3.8, 4) is 0 Å². The lowest BCUT2D eigenvalue weighted by atomic mass is 9.79. The van der Waals surface area contributed by atoms with Crippen molar-refractivity contribution in [1.82, 2.24) is 0 Å². The first-order valence-corrected chi connectivity index (χ1v) is 5.19. The fourth-order valence-electron chi connectivity index (χ4n) is 1.62. The zero-order valence-electron chi connectivity index (χ0n) is 9.36. The zero-order chi connectivity index (χ0) is 10.9. The first-order chi connectivity index (χ1) is 6.38. The Hall–Kier alpha value is -0.600. The van der Waals surface area contributed by atoms with Gasteiger partial charge in [-0.2, -0.15) is 0 Å². The molecule has 2 atom stereocenters. The Morgan fingerprint density at radius 1 is 1.29 bits per heavy atom. The van der Waals surface area contributed by atoms with E-state index in [1.165, 1.54) is 0 Å². The normalized spacial score (nSPS) is 32.6. The molecule has 0 aromatic heterocycles. The summed E-state index contributed by atoms with van der Waals surface area (Å²) in [4.78, 5) is 0. The van der Waals surface area contributed by atoms with Crippen molar-refractivity contribution in [3.63, 3.8) is 0 Å². The fourth-order valence-corrected chi connectivity index (χ4v) is 1.62. The van der Waals surface area contributed by atoms with Crippen molar-refractivity contribution in [3.05, 3.63) is 23.8 Å². The Bertz CT molecular complexity index is 263. The first kappa shape index (κ1) is 11.5. The number of aliphatic hydroxyl groups is 2. The molecule has 0 bridgehead atoms. The predicted molar refractivity (Wildman–Crippen MR) is 57.9 cm³/mol. The van der Waals surface area contributed by atoms with Crippen LogP contribution in [0.3, 0.4) is 0 Å². The van der Waals surface area contributed by atoms with Gasteiger partial charge in [-0.1, -0.05) is 33.8 Å². The van der Waals surface area contributed by atoms with Gasteiger partial charge in [-0.25, -0.2) is 0 Å². The van der Waals surface area contributed by atoms with Crippen LogP contribution in [-0.4, -0.2) is 21.9 Å². The van der Waals surface area contributed by atoms with Crippen molar-refractivity contribution < 1.29 is 10.2 Å². The van der Waals surface area contributed by atoms with E-state index < -0.39 is 11.7 Å². The third-order valence-electron chi connectivity index (χ3n) is 2.96. The maximum absolute atomic E-state index is 10.1. The van der Waals surface area contributed by atoms with Crippen molar-refractivity contribution in [1.29, 1.82) is 0 Å². The van der Waals surface area contributed by atoms with Crippen molar-refractivity contribution in [2.45, 2.75) is 39.4 Å². The van der Waals surface area contributed by atoms with E-state index in [0.29, 0.717) is 5.92 Å². The number of allylic oxidation sites excluding steroid dienone is 2. The predicted octanol–water partition coefficient (Wildman–Crippen LogP) is 1.89. The van der Waals surface area contributed by atoms with E-state index in [1.807, 2.05) is 19.9 Å². The van der Waals surface area contributed by atoms with Gasteiger partial charge in [0, 0.05) is 0 Å². The monoisotopic (exact) mass is 196 g/mol. The second-order valence-corrected chi connectivity index (χ2v) is 4.64. The van der Waals surface area contributed by atoms with E-state index in [-0.39, 0.29) is 5.92 Å². The van der Waals surface area contributed by atoms with Crippen LogP contribution in [0.5, 0.6) is 0 Å². The molecule has 0 aliphatic heterocycles. The molecule has 0 radical (unpaired) electrons. The van der Waals surface area contributed by atoms with Crippen LogP contribution < -0.4 is 0 Å². The van der Waals surface area contributed by atoms with Crippen molar-refractivity contribution in [2.75, 3.05) is 0 Å². The number of hydrogen-bond donors (Lipinski definition) is 2. The van der Waals surface area contributed by atoms with Crippen molar-refractivity contribution in [2.24, 2.45) is 11.8 Å². The van der Waals surface area contributed by atoms with Gasteiger partial charge >= 0.3 is 0 Å². The molecule has 2 nitrogen and oxygen atoms in total. The Balaban J connectivity index is 2.91. The highest BCUT2D eigenvalue weighted by molar-refractivity contribution is 5.32. The molecule has 0 fully saturated rings. The van der Waals surface area contributed by atoms with Gasteiger partial charge in [-0.3, -0.25) is 0 Å². The molecule has 0 amide bonds. The lowest BCUT2D eigenvalue weighted by Gasteiger charge is -2.35. The van der Waals surface area contributed by atoms with Crippen LogP contribution >= 0.6 is 0 Å². The van der Waals surface area contributed by atoms with Gasteiger partial charge < -0.3 is 10.2 Å². The second kappa shape index (κ2) is 3.87. The number of rotatable bonds is 2. The lowest BCUT2D eigenvalue weighted by Crippen LogP contribution is -2.45. The smallest absolute Gasteiger partial charge is 0.115 e. The minimum Gasteiger partial charge on any atom is -0.386 e. The average molecular weight is 196 g/mol. The van der Waals surface area contributed by atoms with E-state index in [1.54, 1.807) is 12.2 Å². The second-order valence-electron chi connectivity index (χ2n) is 4.64. The molecule has 1 rings (SSSR count). The van der Waals surface area contributed by atoms with E-state index in [4.69, 9.17) is 0 Å². The van der Waals surface area contributed by atoms with E-state index >= 15 is 0 Å². The topological polar surface area (TPSA) is 40.5 Å². The zero-order valence-corrected chi connectivity index (χ0v) is 9.36. The first-order valence-electron chi connectivity index (χ1n) is 5.19. The maximum Gasteiger partial charge on any atom is 0.115 e. The molecule has 2 heteroatoms. The molecule has 1 aliphatic carbocycles. The Morgan fingerprint density at radius 3 is 2.21 bits per heavy atom. The van der Waals surface area contributed by atoms with Gasteiger partial charge in [0.15, 0.2) is 0 Å². The molecule has 0 heterocycles. The minimum absolute atomic E-state index is 0.0127. The fraction of sp³-hybridized carbons (Fsp3) is 0.667. The molecule has 80 valence electrons. The van der Waals surface area contributed by atoms with Gasteiger partial charge in [0.25, 0.3) is 0 Å². The third-order valence-corrected chi connectivity index (χ3v) is 2.96. The SMILES string of the molecule is CC(C)C1=CC(O)C(O)(C(C)C)C=C1. The molecule has 2 unspecified atom stereocenters. The van der Waals surface area contributed by atoms with Crippen LogP contribution in [0.25, 0.3) is 0 Å². The molecule has 1 aliphatic rings. The summed E-state index contributed by atoms with van der Waals surface area (Å²) in [5.74, 6) is 0.399. The molecule has 14 heavy (non-hydrogen) atoms. The average Bonchev–Trinajstić information content (AvgIpc) is 2.09. The van der Waals surface area contributed by atoms with Gasteiger partial charge in [-0.15, -0.1) is 0 Å².